The molecule has 0 aliphatic carbocycles. The Morgan fingerprint density at radius 3 is 2.56 bits per heavy atom. The molecule has 0 bridgehead atoms. The van der Waals surface area contributed by atoms with E-state index in [4.69, 9.17) is 11.5 Å². The number of aryl methyl sites for hydroxylation is 1. The summed E-state index contributed by atoms with van der Waals surface area (Å²) in [6, 6.07) is 0. The van der Waals surface area contributed by atoms with Crippen LogP contribution in [-0.2, 0) is 4.79 Å². The fourth-order valence-electron chi connectivity index (χ4n) is 1.55. The van der Waals surface area contributed by atoms with E-state index in [1.54, 1.807) is 6.92 Å². The number of carbonyl (C=O) groups is 2. The normalized spacial score (nSPS) is 10.3. The zero-order valence-corrected chi connectivity index (χ0v) is 11.4. The number of anilines is 1. The molecule has 6 nitrogen and oxygen atoms in total. The van der Waals surface area contributed by atoms with E-state index in [1.165, 1.54) is 4.90 Å². The van der Waals surface area contributed by atoms with Gasteiger partial charge < -0.3 is 16.4 Å². The van der Waals surface area contributed by atoms with Crippen LogP contribution in [0.15, 0.2) is 0 Å². The molecular weight excluding hydrogens is 252 g/mol. The van der Waals surface area contributed by atoms with Gasteiger partial charge in [0.15, 0.2) is 5.13 Å². The molecule has 0 radical (unpaired) electrons. The van der Waals surface area contributed by atoms with Crippen molar-refractivity contribution >= 4 is 28.3 Å². The molecular formula is C11H18N4O2S. The van der Waals surface area contributed by atoms with Crippen LogP contribution in [0.1, 0.15) is 35.1 Å². The molecule has 0 unspecified atom stereocenters. The Bertz CT molecular complexity index is 444. The SMILES string of the molecule is CCCCN(CC(N)=O)C(=O)c1sc(N)nc1C. The molecule has 1 heterocycles. The van der Waals surface area contributed by atoms with Crippen LogP contribution in [0.5, 0.6) is 0 Å². The van der Waals surface area contributed by atoms with Gasteiger partial charge in [-0.2, -0.15) is 0 Å². The third-order valence-corrected chi connectivity index (χ3v) is 3.40. The highest BCUT2D eigenvalue weighted by Gasteiger charge is 2.21. The van der Waals surface area contributed by atoms with E-state index < -0.39 is 5.91 Å². The third-order valence-electron chi connectivity index (χ3n) is 2.42. The zero-order valence-electron chi connectivity index (χ0n) is 10.6. The number of nitrogens with zero attached hydrogens (tertiary/aromatic N) is 2. The van der Waals surface area contributed by atoms with E-state index in [1.807, 2.05) is 6.92 Å². The molecule has 100 valence electrons. The molecule has 0 saturated carbocycles. The summed E-state index contributed by atoms with van der Waals surface area (Å²) in [6.07, 6.45) is 1.76. The number of unbranched alkanes of at least 4 members (excludes halogenated alkanes) is 1. The number of primary amides is 1. The fourth-order valence-corrected chi connectivity index (χ4v) is 2.35. The summed E-state index contributed by atoms with van der Waals surface area (Å²) in [5, 5.41) is 0.352. The second-order valence-electron chi connectivity index (χ2n) is 4.01. The number of thiazole rings is 1. The van der Waals surface area contributed by atoms with Crippen LogP contribution in [0.4, 0.5) is 5.13 Å². The van der Waals surface area contributed by atoms with Crippen LogP contribution in [-0.4, -0.2) is 34.8 Å². The first kappa shape index (κ1) is 14.4. The number of nitrogen functional groups attached to an aromatic ring is 1. The third kappa shape index (κ3) is 3.69. The molecule has 18 heavy (non-hydrogen) atoms. The van der Waals surface area contributed by atoms with E-state index in [-0.39, 0.29) is 12.5 Å². The maximum absolute atomic E-state index is 12.3. The van der Waals surface area contributed by atoms with Crippen molar-refractivity contribution in [1.82, 2.24) is 9.88 Å². The van der Waals surface area contributed by atoms with Crippen molar-refractivity contribution in [2.75, 3.05) is 18.8 Å². The largest absolute Gasteiger partial charge is 0.375 e. The summed E-state index contributed by atoms with van der Waals surface area (Å²) in [4.78, 5) is 29.2. The van der Waals surface area contributed by atoms with Gasteiger partial charge >= 0.3 is 0 Å². The Hall–Kier alpha value is -1.63. The van der Waals surface area contributed by atoms with Gasteiger partial charge in [0.2, 0.25) is 5.91 Å². The molecule has 0 spiro atoms. The minimum absolute atomic E-state index is 0.0733. The van der Waals surface area contributed by atoms with Crippen LogP contribution < -0.4 is 11.5 Å². The summed E-state index contributed by atoms with van der Waals surface area (Å²) in [5.41, 5.74) is 11.3. The smallest absolute Gasteiger partial charge is 0.266 e. The molecule has 0 aromatic carbocycles. The molecule has 4 N–H and O–H groups in total. The number of rotatable bonds is 6. The van der Waals surface area contributed by atoms with E-state index in [2.05, 4.69) is 4.98 Å². The molecule has 1 aromatic heterocycles. The molecule has 0 fully saturated rings. The lowest BCUT2D eigenvalue weighted by atomic mass is 10.2. The van der Waals surface area contributed by atoms with Crippen LogP contribution >= 0.6 is 11.3 Å². The highest BCUT2D eigenvalue weighted by atomic mass is 32.1. The van der Waals surface area contributed by atoms with E-state index >= 15 is 0 Å². The van der Waals surface area contributed by atoms with Gasteiger partial charge in [0, 0.05) is 6.54 Å². The standard InChI is InChI=1S/C11H18N4O2S/c1-3-4-5-15(6-8(12)16)10(17)9-7(2)14-11(13)18-9/h3-6H2,1-2H3,(H2,12,16)(H2,13,14). The number of hydrogen-bond donors (Lipinski definition) is 2. The number of hydrogen-bond acceptors (Lipinski definition) is 5. The number of carbonyl (C=O) groups excluding carboxylic acids is 2. The lowest BCUT2D eigenvalue weighted by Gasteiger charge is -2.20. The van der Waals surface area contributed by atoms with Gasteiger partial charge in [0.05, 0.1) is 12.2 Å². The van der Waals surface area contributed by atoms with Crippen molar-refractivity contribution in [1.29, 1.82) is 0 Å². The van der Waals surface area contributed by atoms with Gasteiger partial charge in [0.1, 0.15) is 4.88 Å². The first-order valence-electron chi connectivity index (χ1n) is 5.76. The monoisotopic (exact) mass is 270 g/mol. The summed E-state index contributed by atoms with van der Waals surface area (Å²) >= 11 is 1.13. The van der Waals surface area contributed by atoms with Crippen molar-refractivity contribution in [3.8, 4) is 0 Å². The first-order valence-corrected chi connectivity index (χ1v) is 6.57. The zero-order chi connectivity index (χ0) is 13.7. The van der Waals surface area contributed by atoms with E-state index in [0.29, 0.717) is 22.2 Å². The summed E-state index contributed by atoms with van der Waals surface area (Å²) < 4.78 is 0. The predicted octanol–water partition coefficient (Wildman–Crippen LogP) is 0.761. The van der Waals surface area contributed by atoms with Crippen molar-refractivity contribution < 1.29 is 9.59 Å². The van der Waals surface area contributed by atoms with Crippen LogP contribution in [0.3, 0.4) is 0 Å². The average Bonchev–Trinajstić information content (AvgIpc) is 2.62. The molecule has 1 rings (SSSR count). The van der Waals surface area contributed by atoms with Crippen molar-refractivity contribution in [2.24, 2.45) is 5.73 Å². The van der Waals surface area contributed by atoms with E-state index in [9.17, 15) is 9.59 Å². The quantitative estimate of drug-likeness (QED) is 0.796. The Morgan fingerprint density at radius 1 is 1.44 bits per heavy atom. The maximum atomic E-state index is 12.3. The lowest BCUT2D eigenvalue weighted by Crippen LogP contribution is -2.39. The maximum Gasteiger partial charge on any atom is 0.266 e. The summed E-state index contributed by atoms with van der Waals surface area (Å²) in [7, 11) is 0. The number of aromatic nitrogens is 1. The van der Waals surface area contributed by atoms with Gasteiger partial charge in [-0.15, -0.1) is 0 Å². The Labute approximate surface area is 110 Å². The molecule has 2 amide bonds. The highest BCUT2D eigenvalue weighted by molar-refractivity contribution is 7.17. The van der Waals surface area contributed by atoms with Crippen molar-refractivity contribution in [3.63, 3.8) is 0 Å². The van der Waals surface area contributed by atoms with Crippen molar-refractivity contribution in [2.45, 2.75) is 26.7 Å². The molecule has 1 aromatic rings. The second-order valence-corrected chi connectivity index (χ2v) is 5.04. The summed E-state index contributed by atoms with van der Waals surface area (Å²) in [6.45, 7) is 4.18. The number of nitrogens with two attached hydrogens (primary N) is 2. The topological polar surface area (TPSA) is 102 Å². The molecule has 0 saturated heterocycles. The van der Waals surface area contributed by atoms with Crippen LogP contribution in [0.2, 0.25) is 0 Å². The Balaban J connectivity index is 2.87. The molecule has 0 atom stereocenters. The average molecular weight is 270 g/mol. The Kier molecular flexibility index (Phi) is 5.08. The lowest BCUT2D eigenvalue weighted by molar-refractivity contribution is -0.118. The van der Waals surface area contributed by atoms with Crippen molar-refractivity contribution in [3.05, 3.63) is 10.6 Å². The highest BCUT2D eigenvalue weighted by Crippen LogP contribution is 2.21. The van der Waals surface area contributed by atoms with Gasteiger partial charge in [-0.1, -0.05) is 24.7 Å². The number of amides is 2. The second kappa shape index (κ2) is 6.34. The minimum Gasteiger partial charge on any atom is -0.375 e. The molecule has 7 heteroatoms. The van der Waals surface area contributed by atoms with Crippen LogP contribution in [0.25, 0.3) is 0 Å². The van der Waals surface area contributed by atoms with Crippen LogP contribution in [0, 0.1) is 6.92 Å². The van der Waals surface area contributed by atoms with Gasteiger partial charge in [-0.3, -0.25) is 9.59 Å². The van der Waals surface area contributed by atoms with Gasteiger partial charge in [-0.05, 0) is 13.3 Å². The minimum atomic E-state index is -0.519. The van der Waals surface area contributed by atoms with Gasteiger partial charge in [0.25, 0.3) is 5.91 Å². The van der Waals surface area contributed by atoms with Gasteiger partial charge in [-0.25, -0.2) is 4.98 Å². The fraction of sp³-hybridized carbons (Fsp3) is 0.545. The predicted molar refractivity (Wildman–Crippen MR) is 71.3 cm³/mol. The first-order chi connectivity index (χ1) is 8.45. The Morgan fingerprint density at radius 2 is 2.11 bits per heavy atom. The van der Waals surface area contributed by atoms with E-state index in [0.717, 1.165) is 24.2 Å². The molecule has 0 aliphatic rings. The molecule has 0 aliphatic heterocycles. The summed E-state index contributed by atoms with van der Waals surface area (Å²) in [5.74, 6) is -0.747.